The van der Waals surface area contributed by atoms with Gasteiger partial charge in [-0.1, -0.05) is 37.1 Å². The number of ether oxygens (including phenoxy) is 1. The minimum atomic E-state index is -1.04. The first-order valence-corrected chi connectivity index (χ1v) is 8.75. The molecule has 1 heterocycles. The van der Waals surface area contributed by atoms with Gasteiger partial charge in [-0.25, -0.2) is 4.79 Å². The molecule has 2 rings (SSSR count). The maximum Gasteiger partial charge on any atom is 0.333 e. The number of aliphatic hydroxyl groups is 1. The van der Waals surface area contributed by atoms with Gasteiger partial charge in [0.25, 0.3) is 0 Å². The SMILES string of the molecule is CC1=CCC[C@H](C)[C@]1(C)CC/C(C)=C/CCC1=CC(=O)O[C@H]1O. The molecule has 0 aromatic rings. The highest BCUT2D eigenvalue weighted by molar-refractivity contribution is 5.85. The number of esters is 1. The molecule has 0 bridgehead atoms. The van der Waals surface area contributed by atoms with E-state index in [-0.39, 0.29) is 0 Å². The van der Waals surface area contributed by atoms with Gasteiger partial charge in [-0.05, 0) is 63.7 Å². The van der Waals surface area contributed by atoms with Crippen molar-refractivity contribution < 1.29 is 14.6 Å². The number of hydrogen-bond acceptors (Lipinski definition) is 3. The van der Waals surface area contributed by atoms with E-state index in [1.54, 1.807) is 5.57 Å². The average Bonchev–Trinajstić information content (AvgIpc) is 2.81. The van der Waals surface area contributed by atoms with Crippen LogP contribution >= 0.6 is 0 Å². The first-order chi connectivity index (χ1) is 10.8. The molecule has 3 heteroatoms. The monoisotopic (exact) mass is 318 g/mol. The van der Waals surface area contributed by atoms with Gasteiger partial charge in [-0.15, -0.1) is 0 Å². The van der Waals surface area contributed by atoms with Gasteiger partial charge in [0.05, 0.1) is 0 Å². The molecule has 23 heavy (non-hydrogen) atoms. The van der Waals surface area contributed by atoms with Crippen LogP contribution in [0, 0.1) is 11.3 Å². The summed E-state index contributed by atoms with van der Waals surface area (Å²) in [6.07, 6.45) is 11.3. The smallest absolute Gasteiger partial charge is 0.333 e. The summed E-state index contributed by atoms with van der Waals surface area (Å²) in [7, 11) is 0. The number of hydrogen-bond donors (Lipinski definition) is 1. The Morgan fingerprint density at radius 3 is 2.87 bits per heavy atom. The lowest BCUT2D eigenvalue weighted by atomic mass is 9.65. The average molecular weight is 318 g/mol. The largest absolute Gasteiger partial charge is 0.429 e. The van der Waals surface area contributed by atoms with Crippen molar-refractivity contribution in [3.8, 4) is 0 Å². The van der Waals surface area contributed by atoms with E-state index in [2.05, 4.69) is 39.8 Å². The van der Waals surface area contributed by atoms with Crippen LogP contribution in [0.3, 0.4) is 0 Å². The zero-order valence-electron chi connectivity index (χ0n) is 14.9. The lowest BCUT2D eigenvalue weighted by Crippen LogP contribution is -2.29. The standard InChI is InChI=1S/C20H30O3/c1-14(7-5-10-17-13-18(21)23-19(17)22)11-12-20(4)15(2)8-6-9-16(20)3/h7-8,13,16,19,22H,5-6,9-12H2,1-4H3/b14-7+/t16-,19+,20+/m0/s1. The van der Waals surface area contributed by atoms with E-state index in [9.17, 15) is 9.90 Å². The van der Waals surface area contributed by atoms with E-state index in [0.717, 1.165) is 18.8 Å². The maximum absolute atomic E-state index is 11.1. The third-order valence-corrected chi connectivity index (χ3v) is 5.85. The summed E-state index contributed by atoms with van der Waals surface area (Å²) in [6, 6.07) is 0. The molecule has 1 aliphatic heterocycles. The summed E-state index contributed by atoms with van der Waals surface area (Å²) in [5.41, 5.74) is 3.93. The van der Waals surface area contributed by atoms with Crippen molar-refractivity contribution in [2.45, 2.75) is 72.5 Å². The van der Waals surface area contributed by atoms with Crippen molar-refractivity contribution in [1.29, 1.82) is 0 Å². The highest BCUT2D eigenvalue weighted by Gasteiger charge is 2.34. The van der Waals surface area contributed by atoms with Crippen LogP contribution in [0.2, 0.25) is 0 Å². The van der Waals surface area contributed by atoms with Crippen LogP contribution in [-0.4, -0.2) is 17.4 Å². The van der Waals surface area contributed by atoms with Crippen LogP contribution in [0.4, 0.5) is 0 Å². The molecule has 0 saturated carbocycles. The van der Waals surface area contributed by atoms with Crippen molar-refractivity contribution in [3.05, 3.63) is 34.9 Å². The van der Waals surface area contributed by atoms with Gasteiger partial charge in [0.15, 0.2) is 0 Å². The summed E-state index contributed by atoms with van der Waals surface area (Å²) >= 11 is 0. The van der Waals surface area contributed by atoms with Crippen LogP contribution in [0.15, 0.2) is 34.9 Å². The lowest BCUT2D eigenvalue weighted by Gasteiger charge is -2.40. The van der Waals surface area contributed by atoms with Crippen LogP contribution in [0.1, 0.15) is 66.2 Å². The van der Waals surface area contributed by atoms with Gasteiger partial charge in [0, 0.05) is 11.6 Å². The number of carbonyl (C=O) groups is 1. The van der Waals surface area contributed by atoms with Gasteiger partial charge in [0.2, 0.25) is 6.29 Å². The molecule has 0 aromatic carbocycles. The van der Waals surface area contributed by atoms with Crippen LogP contribution in [-0.2, 0) is 9.53 Å². The molecule has 0 radical (unpaired) electrons. The first-order valence-electron chi connectivity index (χ1n) is 8.75. The van der Waals surface area contributed by atoms with Crippen molar-refractivity contribution in [2.24, 2.45) is 11.3 Å². The fraction of sp³-hybridized carbons (Fsp3) is 0.650. The molecular formula is C20H30O3. The van der Waals surface area contributed by atoms with E-state index in [0.29, 0.717) is 17.4 Å². The van der Waals surface area contributed by atoms with E-state index < -0.39 is 12.3 Å². The molecule has 128 valence electrons. The third kappa shape index (κ3) is 4.35. The topological polar surface area (TPSA) is 46.5 Å². The highest BCUT2D eigenvalue weighted by atomic mass is 16.6. The van der Waals surface area contributed by atoms with Crippen molar-refractivity contribution >= 4 is 5.97 Å². The quantitative estimate of drug-likeness (QED) is 0.571. The normalized spacial score (nSPS) is 31.7. The van der Waals surface area contributed by atoms with Crippen molar-refractivity contribution in [1.82, 2.24) is 0 Å². The molecule has 3 nitrogen and oxygen atoms in total. The molecule has 1 N–H and O–H groups in total. The fourth-order valence-corrected chi connectivity index (χ4v) is 3.62. The molecule has 0 amide bonds. The molecule has 1 aliphatic carbocycles. The van der Waals surface area contributed by atoms with E-state index in [4.69, 9.17) is 4.74 Å². The molecule has 0 fully saturated rings. The first kappa shape index (κ1) is 18.0. The number of carbonyl (C=O) groups excluding carboxylic acids is 1. The summed E-state index contributed by atoms with van der Waals surface area (Å²) in [4.78, 5) is 11.1. The summed E-state index contributed by atoms with van der Waals surface area (Å²) in [5.74, 6) is 0.303. The predicted molar refractivity (Wildman–Crippen MR) is 92.7 cm³/mol. The molecule has 0 aromatic heterocycles. The number of aliphatic hydroxyl groups excluding tert-OH is 1. The van der Waals surface area contributed by atoms with Gasteiger partial charge in [0.1, 0.15) is 0 Å². The van der Waals surface area contributed by atoms with E-state index >= 15 is 0 Å². The Labute approximate surface area is 140 Å². The molecule has 0 unspecified atom stereocenters. The number of allylic oxidation sites excluding steroid dienone is 4. The van der Waals surface area contributed by atoms with Crippen molar-refractivity contribution in [3.63, 3.8) is 0 Å². The van der Waals surface area contributed by atoms with Gasteiger partial charge in [-0.2, -0.15) is 0 Å². The lowest BCUT2D eigenvalue weighted by molar-refractivity contribution is -0.151. The van der Waals surface area contributed by atoms with Gasteiger partial charge < -0.3 is 9.84 Å². The van der Waals surface area contributed by atoms with Crippen LogP contribution in [0.25, 0.3) is 0 Å². The zero-order valence-corrected chi connectivity index (χ0v) is 14.9. The Morgan fingerprint density at radius 2 is 2.26 bits per heavy atom. The Morgan fingerprint density at radius 1 is 1.52 bits per heavy atom. The molecule has 3 atom stereocenters. The Hall–Kier alpha value is -1.35. The minimum absolute atomic E-state index is 0.317. The Balaban J connectivity index is 1.83. The fourth-order valence-electron chi connectivity index (χ4n) is 3.62. The summed E-state index contributed by atoms with van der Waals surface area (Å²) < 4.78 is 4.69. The molecule has 2 aliphatic rings. The number of cyclic esters (lactones) is 1. The predicted octanol–water partition coefficient (Wildman–Crippen LogP) is 4.68. The van der Waals surface area contributed by atoms with Crippen molar-refractivity contribution in [2.75, 3.05) is 0 Å². The maximum atomic E-state index is 11.1. The molecule has 0 saturated heterocycles. The van der Waals surface area contributed by atoms with Crippen LogP contribution in [0.5, 0.6) is 0 Å². The summed E-state index contributed by atoms with van der Waals surface area (Å²) in [6.45, 7) is 9.23. The Kier molecular flexibility index (Phi) is 5.85. The molecule has 0 spiro atoms. The van der Waals surface area contributed by atoms with Crippen LogP contribution < -0.4 is 0 Å². The number of rotatable bonds is 6. The second-order valence-electron chi connectivity index (χ2n) is 7.38. The Bertz CT molecular complexity index is 541. The second-order valence-corrected chi connectivity index (χ2v) is 7.38. The molecular weight excluding hydrogens is 288 g/mol. The zero-order chi connectivity index (χ0) is 17.0. The van der Waals surface area contributed by atoms with Gasteiger partial charge >= 0.3 is 5.97 Å². The van der Waals surface area contributed by atoms with Gasteiger partial charge in [-0.3, -0.25) is 0 Å². The van der Waals surface area contributed by atoms with E-state index in [1.165, 1.54) is 30.9 Å². The van der Waals surface area contributed by atoms with E-state index in [1.807, 2.05) is 0 Å². The third-order valence-electron chi connectivity index (χ3n) is 5.85. The minimum Gasteiger partial charge on any atom is -0.429 e. The highest BCUT2D eigenvalue weighted by Crippen LogP contribution is 2.45. The summed E-state index contributed by atoms with van der Waals surface area (Å²) in [5, 5.41) is 9.55. The second kappa shape index (κ2) is 7.48.